The van der Waals surface area contributed by atoms with Gasteiger partial charge in [-0.15, -0.1) is 0 Å². The highest BCUT2D eigenvalue weighted by atomic mass is 16.5. The van der Waals surface area contributed by atoms with Gasteiger partial charge in [0, 0.05) is 6.04 Å². The largest absolute Gasteiger partial charge is 0.464 e. The number of aliphatic hydroxyl groups excluding tert-OH is 1. The zero-order valence-electron chi connectivity index (χ0n) is 9.30. The summed E-state index contributed by atoms with van der Waals surface area (Å²) < 4.78 is 4.69. The summed E-state index contributed by atoms with van der Waals surface area (Å²) in [4.78, 5) is 11.2. The summed E-state index contributed by atoms with van der Waals surface area (Å²) in [5.74, 6) is -0.661. The van der Waals surface area contributed by atoms with Crippen molar-refractivity contribution in [2.45, 2.75) is 25.5 Å². The van der Waals surface area contributed by atoms with Crippen LogP contribution in [0, 0.1) is 0 Å². The fourth-order valence-corrected chi connectivity index (χ4v) is 1.40. The Morgan fingerprint density at radius 2 is 2.06 bits per heavy atom. The van der Waals surface area contributed by atoms with E-state index in [1.165, 1.54) is 0 Å². The summed E-state index contributed by atoms with van der Waals surface area (Å²) in [7, 11) is 0. The van der Waals surface area contributed by atoms with Crippen molar-refractivity contribution in [1.29, 1.82) is 0 Å². The Morgan fingerprint density at radius 1 is 1.44 bits per heavy atom. The molecule has 0 saturated heterocycles. The first kappa shape index (κ1) is 12.7. The second kappa shape index (κ2) is 6.25. The Balaban J connectivity index is 2.52. The third-order valence-electron chi connectivity index (χ3n) is 2.25. The van der Waals surface area contributed by atoms with Gasteiger partial charge in [0.25, 0.3) is 0 Å². The molecule has 1 rings (SSSR count). The van der Waals surface area contributed by atoms with Gasteiger partial charge in [-0.25, -0.2) is 4.79 Å². The Labute approximate surface area is 95.0 Å². The smallest absolute Gasteiger partial charge is 0.336 e. The van der Waals surface area contributed by atoms with Crippen LogP contribution in [0.3, 0.4) is 0 Å². The van der Waals surface area contributed by atoms with Gasteiger partial charge in [0.15, 0.2) is 6.10 Å². The molecule has 0 aromatic heterocycles. The van der Waals surface area contributed by atoms with Crippen LogP contribution in [-0.2, 0) is 16.0 Å². The maximum atomic E-state index is 11.2. The number of esters is 1. The van der Waals surface area contributed by atoms with Crippen molar-refractivity contribution in [3.8, 4) is 0 Å². The first-order valence-corrected chi connectivity index (χ1v) is 5.29. The zero-order chi connectivity index (χ0) is 12.0. The quantitative estimate of drug-likeness (QED) is 0.712. The van der Waals surface area contributed by atoms with Crippen molar-refractivity contribution in [1.82, 2.24) is 0 Å². The van der Waals surface area contributed by atoms with Gasteiger partial charge in [-0.3, -0.25) is 0 Å². The molecule has 1 aromatic carbocycles. The summed E-state index contributed by atoms with van der Waals surface area (Å²) in [6.07, 6.45) is -0.818. The van der Waals surface area contributed by atoms with Crippen molar-refractivity contribution < 1.29 is 14.6 Å². The number of carbonyl (C=O) groups excluding carboxylic acids is 1. The molecule has 0 heterocycles. The van der Waals surface area contributed by atoms with Crippen LogP contribution in [0.25, 0.3) is 0 Å². The molecule has 0 fully saturated rings. The number of carbonyl (C=O) groups is 1. The Bertz CT molecular complexity index is 326. The molecule has 0 unspecified atom stereocenters. The van der Waals surface area contributed by atoms with E-state index in [1.54, 1.807) is 6.92 Å². The summed E-state index contributed by atoms with van der Waals surface area (Å²) >= 11 is 0. The molecule has 4 nitrogen and oxygen atoms in total. The zero-order valence-corrected chi connectivity index (χ0v) is 9.30. The molecule has 0 spiro atoms. The van der Waals surface area contributed by atoms with Crippen molar-refractivity contribution in [2.24, 2.45) is 5.73 Å². The molecule has 0 bridgehead atoms. The van der Waals surface area contributed by atoms with E-state index in [4.69, 9.17) is 10.5 Å². The first-order valence-electron chi connectivity index (χ1n) is 5.29. The van der Waals surface area contributed by atoms with Crippen molar-refractivity contribution in [2.75, 3.05) is 6.61 Å². The van der Waals surface area contributed by atoms with Gasteiger partial charge in [0.2, 0.25) is 0 Å². The number of nitrogens with two attached hydrogens (primary N) is 1. The lowest BCUT2D eigenvalue weighted by Gasteiger charge is -2.17. The molecule has 88 valence electrons. The van der Waals surface area contributed by atoms with Crippen LogP contribution in [0.5, 0.6) is 0 Å². The van der Waals surface area contributed by atoms with E-state index >= 15 is 0 Å². The molecule has 0 amide bonds. The second-order valence-corrected chi connectivity index (χ2v) is 3.55. The van der Waals surface area contributed by atoms with Crippen molar-refractivity contribution in [3.05, 3.63) is 35.9 Å². The summed E-state index contributed by atoms with van der Waals surface area (Å²) in [5, 5.41) is 9.58. The van der Waals surface area contributed by atoms with E-state index in [0.29, 0.717) is 6.42 Å². The highest BCUT2D eigenvalue weighted by Gasteiger charge is 2.24. The van der Waals surface area contributed by atoms with Crippen LogP contribution in [-0.4, -0.2) is 29.8 Å². The lowest BCUT2D eigenvalue weighted by atomic mass is 10.0. The number of hydrogen-bond acceptors (Lipinski definition) is 4. The van der Waals surface area contributed by atoms with E-state index < -0.39 is 18.1 Å². The van der Waals surface area contributed by atoms with E-state index in [0.717, 1.165) is 5.56 Å². The van der Waals surface area contributed by atoms with Crippen LogP contribution in [0.2, 0.25) is 0 Å². The molecule has 2 atom stereocenters. The molecule has 16 heavy (non-hydrogen) atoms. The standard InChI is InChI=1S/C12H17NO3/c1-2-16-12(15)11(14)10(13)8-9-6-4-3-5-7-9/h3-7,10-11,14H,2,8,13H2,1H3/t10-,11-/m1/s1. The van der Waals surface area contributed by atoms with Crippen LogP contribution in [0.4, 0.5) is 0 Å². The lowest BCUT2D eigenvalue weighted by Crippen LogP contribution is -2.42. The Hall–Kier alpha value is -1.39. The molecule has 0 radical (unpaired) electrons. The highest BCUT2D eigenvalue weighted by Crippen LogP contribution is 2.05. The summed E-state index contributed by atoms with van der Waals surface area (Å²) in [6.45, 7) is 1.93. The number of rotatable bonds is 5. The van der Waals surface area contributed by atoms with Gasteiger partial charge in [-0.05, 0) is 18.9 Å². The third-order valence-corrected chi connectivity index (χ3v) is 2.25. The van der Waals surface area contributed by atoms with Gasteiger partial charge in [-0.2, -0.15) is 0 Å². The molecular weight excluding hydrogens is 206 g/mol. The van der Waals surface area contributed by atoms with Crippen molar-refractivity contribution in [3.63, 3.8) is 0 Å². The van der Waals surface area contributed by atoms with Gasteiger partial charge >= 0.3 is 5.97 Å². The van der Waals surface area contributed by atoms with Crippen molar-refractivity contribution >= 4 is 5.97 Å². The second-order valence-electron chi connectivity index (χ2n) is 3.55. The van der Waals surface area contributed by atoms with E-state index in [2.05, 4.69) is 0 Å². The number of hydrogen-bond donors (Lipinski definition) is 2. The van der Waals surface area contributed by atoms with Crippen LogP contribution in [0.1, 0.15) is 12.5 Å². The maximum absolute atomic E-state index is 11.2. The summed E-state index contributed by atoms with van der Waals surface area (Å²) in [6, 6.07) is 8.84. The van der Waals surface area contributed by atoms with E-state index in [1.807, 2.05) is 30.3 Å². The molecule has 4 heteroatoms. The van der Waals surface area contributed by atoms with Crippen LogP contribution in [0.15, 0.2) is 30.3 Å². The molecule has 0 saturated carbocycles. The molecule has 0 aliphatic rings. The van der Waals surface area contributed by atoms with E-state index in [9.17, 15) is 9.90 Å². The average Bonchev–Trinajstić information content (AvgIpc) is 2.29. The number of benzene rings is 1. The van der Waals surface area contributed by atoms with Gasteiger partial charge in [-0.1, -0.05) is 30.3 Å². The number of ether oxygens (including phenoxy) is 1. The first-order chi connectivity index (χ1) is 7.65. The Kier molecular flexibility index (Phi) is 4.95. The molecule has 1 aromatic rings. The fourth-order valence-electron chi connectivity index (χ4n) is 1.40. The molecule has 3 N–H and O–H groups in total. The predicted octanol–water partition coefficient (Wildman–Crippen LogP) is 0.480. The minimum Gasteiger partial charge on any atom is -0.464 e. The van der Waals surface area contributed by atoms with Crippen LogP contribution < -0.4 is 5.73 Å². The van der Waals surface area contributed by atoms with Gasteiger partial charge < -0.3 is 15.6 Å². The third kappa shape index (κ3) is 3.64. The maximum Gasteiger partial charge on any atom is 0.336 e. The topological polar surface area (TPSA) is 72.5 Å². The molecule has 0 aliphatic heterocycles. The average molecular weight is 223 g/mol. The summed E-state index contributed by atoms with van der Waals surface area (Å²) in [5.41, 5.74) is 6.71. The van der Waals surface area contributed by atoms with Gasteiger partial charge in [0.1, 0.15) is 0 Å². The predicted molar refractivity (Wildman–Crippen MR) is 60.8 cm³/mol. The SMILES string of the molecule is CCOC(=O)[C@H](O)[C@H](N)Cc1ccccc1. The Morgan fingerprint density at radius 3 is 2.62 bits per heavy atom. The molecule has 0 aliphatic carbocycles. The minimum atomic E-state index is -1.26. The monoisotopic (exact) mass is 223 g/mol. The van der Waals surface area contributed by atoms with E-state index in [-0.39, 0.29) is 6.61 Å². The molecular formula is C12H17NO3. The normalized spacial score (nSPS) is 14.2. The number of aliphatic hydroxyl groups is 1. The fraction of sp³-hybridized carbons (Fsp3) is 0.417. The highest BCUT2D eigenvalue weighted by molar-refractivity contribution is 5.75. The van der Waals surface area contributed by atoms with Crippen LogP contribution >= 0.6 is 0 Å². The lowest BCUT2D eigenvalue weighted by molar-refractivity contribution is -0.154. The van der Waals surface area contributed by atoms with Gasteiger partial charge in [0.05, 0.1) is 6.61 Å². The minimum absolute atomic E-state index is 0.244.